The summed E-state index contributed by atoms with van der Waals surface area (Å²) in [7, 11) is 3.26. The predicted octanol–water partition coefficient (Wildman–Crippen LogP) is 3.36. The van der Waals surface area contributed by atoms with Crippen molar-refractivity contribution in [3.63, 3.8) is 0 Å². The molecule has 0 spiro atoms. The zero-order chi connectivity index (χ0) is 13.7. The third-order valence-corrected chi connectivity index (χ3v) is 2.95. The summed E-state index contributed by atoms with van der Waals surface area (Å²) in [5, 5.41) is 3.68. The van der Waals surface area contributed by atoms with E-state index < -0.39 is 0 Å². The van der Waals surface area contributed by atoms with Crippen LogP contribution in [0, 0.1) is 0 Å². The van der Waals surface area contributed by atoms with Crippen molar-refractivity contribution in [1.82, 2.24) is 4.98 Å². The van der Waals surface area contributed by atoms with Crippen molar-refractivity contribution >= 4 is 17.3 Å². The Morgan fingerprint density at radius 3 is 2.42 bits per heavy atom. The molecular formula is C14H15ClN2O2. The molecule has 0 fully saturated rings. The summed E-state index contributed by atoms with van der Waals surface area (Å²) in [6, 6.07) is 9.44. The summed E-state index contributed by atoms with van der Waals surface area (Å²) >= 11 is 5.98. The fraction of sp³-hybridized carbons (Fsp3) is 0.214. The van der Waals surface area contributed by atoms with Gasteiger partial charge in [-0.1, -0.05) is 11.6 Å². The molecule has 1 aromatic carbocycles. The van der Waals surface area contributed by atoms with Gasteiger partial charge in [0.05, 0.1) is 19.9 Å². The van der Waals surface area contributed by atoms with Gasteiger partial charge in [0, 0.05) is 18.8 Å². The zero-order valence-corrected chi connectivity index (χ0v) is 11.6. The quantitative estimate of drug-likeness (QED) is 0.852. The van der Waals surface area contributed by atoms with Crippen molar-refractivity contribution in [2.75, 3.05) is 19.5 Å². The molecule has 4 nitrogen and oxygen atoms in total. The Morgan fingerprint density at radius 1 is 1.16 bits per heavy atom. The normalized spacial score (nSPS) is 10.1. The Balaban J connectivity index is 2.13. The first-order chi connectivity index (χ1) is 9.22. The Labute approximate surface area is 117 Å². The Hall–Kier alpha value is -1.94. The highest BCUT2D eigenvalue weighted by Gasteiger charge is 2.03. The summed E-state index contributed by atoms with van der Waals surface area (Å²) in [6.45, 7) is 0.610. The van der Waals surface area contributed by atoms with Crippen LogP contribution >= 0.6 is 11.6 Å². The average Bonchev–Trinajstić information content (AvgIpc) is 2.46. The van der Waals surface area contributed by atoms with Gasteiger partial charge in [-0.3, -0.25) is 0 Å². The number of ether oxygens (including phenoxy) is 2. The monoisotopic (exact) mass is 278 g/mol. The number of benzene rings is 1. The molecule has 100 valence electrons. The maximum absolute atomic E-state index is 5.98. The number of anilines is 1. The summed E-state index contributed by atoms with van der Waals surface area (Å²) in [5.41, 5.74) is 1.84. The third kappa shape index (κ3) is 3.51. The maximum Gasteiger partial charge on any atom is 0.152 e. The van der Waals surface area contributed by atoms with Gasteiger partial charge in [0.2, 0.25) is 0 Å². The van der Waals surface area contributed by atoms with Crippen LogP contribution in [-0.4, -0.2) is 19.2 Å². The number of nitrogens with zero attached hydrogens (tertiary/aromatic N) is 1. The molecule has 0 bridgehead atoms. The summed E-state index contributed by atoms with van der Waals surface area (Å²) in [5.74, 6) is 1.52. The molecule has 1 N–H and O–H groups in total. The van der Waals surface area contributed by atoms with Crippen LogP contribution in [0.2, 0.25) is 5.15 Å². The summed E-state index contributed by atoms with van der Waals surface area (Å²) < 4.78 is 10.5. The SMILES string of the molecule is COc1cc(CNc2cccnc2Cl)cc(OC)c1. The van der Waals surface area contributed by atoms with Crippen molar-refractivity contribution in [3.05, 3.63) is 47.2 Å². The first-order valence-corrected chi connectivity index (χ1v) is 6.17. The molecule has 2 rings (SSSR count). The van der Waals surface area contributed by atoms with E-state index in [-0.39, 0.29) is 0 Å². The van der Waals surface area contributed by atoms with Gasteiger partial charge in [-0.15, -0.1) is 0 Å². The molecule has 1 aromatic heterocycles. The van der Waals surface area contributed by atoms with Crippen molar-refractivity contribution in [2.24, 2.45) is 0 Å². The van der Waals surface area contributed by atoms with Gasteiger partial charge in [-0.05, 0) is 29.8 Å². The topological polar surface area (TPSA) is 43.4 Å². The molecular weight excluding hydrogens is 264 g/mol. The Kier molecular flexibility index (Phi) is 4.47. The van der Waals surface area contributed by atoms with E-state index in [4.69, 9.17) is 21.1 Å². The number of pyridine rings is 1. The zero-order valence-electron chi connectivity index (χ0n) is 10.8. The first kappa shape index (κ1) is 13.5. The van der Waals surface area contributed by atoms with E-state index in [0.717, 1.165) is 22.7 Å². The molecule has 0 aliphatic heterocycles. The number of hydrogen-bond acceptors (Lipinski definition) is 4. The minimum atomic E-state index is 0.456. The minimum Gasteiger partial charge on any atom is -0.497 e. The molecule has 2 aromatic rings. The molecule has 1 heterocycles. The van der Waals surface area contributed by atoms with Crippen LogP contribution < -0.4 is 14.8 Å². The molecule has 0 radical (unpaired) electrons. The van der Waals surface area contributed by atoms with Gasteiger partial charge in [-0.25, -0.2) is 4.98 Å². The fourth-order valence-corrected chi connectivity index (χ4v) is 1.87. The largest absolute Gasteiger partial charge is 0.497 e. The van der Waals surface area contributed by atoms with Crippen LogP contribution in [0.15, 0.2) is 36.5 Å². The van der Waals surface area contributed by atoms with Gasteiger partial charge >= 0.3 is 0 Å². The lowest BCUT2D eigenvalue weighted by molar-refractivity contribution is 0.393. The van der Waals surface area contributed by atoms with Crippen LogP contribution in [0.25, 0.3) is 0 Å². The third-order valence-electron chi connectivity index (χ3n) is 2.65. The molecule has 0 atom stereocenters. The second-order valence-corrected chi connectivity index (χ2v) is 4.27. The molecule has 0 aliphatic carbocycles. The van der Waals surface area contributed by atoms with E-state index in [1.807, 2.05) is 30.3 Å². The Morgan fingerprint density at radius 2 is 1.84 bits per heavy atom. The molecule has 0 saturated heterocycles. The van der Waals surface area contributed by atoms with Crippen molar-refractivity contribution < 1.29 is 9.47 Å². The maximum atomic E-state index is 5.98. The first-order valence-electron chi connectivity index (χ1n) is 5.79. The molecule has 5 heteroatoms. The van der Waals surface area contributed by atoms with Crippen LogP contribution in [-0.2, 0) is 6.54 Å². The lowest BCUT2D eigenvalue weighted by atomic mass is 10.2. The number of nitrogens with one attached hydrogen (secondary N) is 1. The molecule has 0 amide bonds. The second kappa shape index (κ2) is 6.29. The van der Waals surface area contributed by atoms with Crippen molar-refractivity contribution in [1.29, 1.82) is 0 Å². The van der Waals surface area contributed by atoms with Crippen LogP contribution in [0.4, 0.5) is 5.69 Å². The lowest BCUT2D eigenvalue weighted by Crippen LogP contribution is -2.01. The highest BCUT2D eigenvalue weighted by molar-refractivity contribution is 6.31. The van der Waals surface area contributed by atoms with Gasteiger partial charge in [-0.2, -0.15) is 0 Å². The highest BCUT2D eigenvalue weighted by Crippen LogP contribution is 2.24. The Bertz CT molecular complexity index is 539. The van der Waals surface area contributed by atoms with E-state index in [1.54, 1.807) is 20.4 Å². The van der Waals surface area contributed by atoms with E-state index in [9.17, 15) is 0 Å². The molecule has 19 heavy (non-hydrogen) atoms. The van der Waals surface area contributed by atoms with Crippen molar-refractivity contribution in [3.8, 4) is 11.5 Å². The van der Waals surface area contributed by atoms with E-state index >= 15 is 0 Å². The molecule has 0 saturated carbocycles. The van der Waals surface area contributed by atoms with Gasteiger partial charge in [0.25, 0.3) is 0 Å². The van der Waals surface area contributed by atoms with E-state index in [1.165, 1.54) is 0 Å². The second-order valence-electron chi connectivity index (χ2n) is 3.92. The van der Waals surface area contributed by atoms with Crippen LogP contribution in [0.3, 0.4) is 0 Å². The van der Waals surface area contributed by atoms with E-state index in [2.05, 4.69) is 10.3 Å². The standard InChI is InChI=1S/C14H15ClN2O2/c1-18-11-6-10(7-12(8-11)19-2)9-17-13-4-3-5-16-14(13)15/h3-8,17H,9H2,1-2H3. The van der Waals surface area contributed by atoms with Crippen LogP contribution in [0.5, 0.6) is 11.5 Å². The van der Waals surface area contributed by atoms with Crippen LogP contribution in [0.1, 0.15) is 5.56 Å². The number of aromatic nitrogens is 1. The number of methoxy groups -OCH3 is 2. The smallest absolute Gasteiger partial charge is 0.152 e. The summed E-state index contributed by atoms with van der Waals surface area (Å²) in [4.78, 5) is 4.01. The summed E-state index contributed by atoms with van der Waals surface area (Å²) in [6.07, 6.45) is 1.65. The number of rotatable bonds is 5. The predicted molar refractivity (Wildman–Crippen MR) is 76.1 cm³/mol. The average molecular weight is 279 g/mol. The van der Waals surface area contributed by atoms with Gasteiger partial charge in [0.1, 0.15) is 11.5 Å². The van der Waals surface area contributed by atoms with Gasteiger partial charge < -0.3 is 14.8 Å². The molecule has 0 aliphatic rings. The minimum absolute atomic E-state index is 0.456. The number of halogens is 1. The van der Waals surface area contributed by atoms with Gasteiger partial charge in [0.15, 0.2) is 5.15 Å². The highest BCUT2D eigenvalue weighted by atomic mass is 35.5. The lowest BCUT2D eigenvalue weighted by Gasteiger charge is -2.10. The van der Waals surface area contributed by atoms with Crippen molar-refractivity contribution in [2.45, 2.75) is 6.54 Å². The number of hydrogen-bond donors (Lipinski definition) is 1. The molecule has 0 unspecified atom stereocenters. The fourth-order valence-electron chi connectivity index (χ4n) is 1.68. The van der Waals surface area contributed by atoms with E-state index in [0.29, 0.717) is 11.7 Å².